The van der Waals surface area contributed by atoms with Crippen molar-refractivity contribution in [1.29, 1.82) is 5.26 Å². The van der Waals surface area contributed by atoms with Crippen LogP contribution in [0.3, 0.4) is 0 Å². The summed E-state index contributed by atoms with van der Waals surface area (Å²) in [6.07, 6.45) is 4.69. The summed E-state index contributed by atoms with van der Waals surface area (Å²) >= 11 is 0. The van der Waals surface area contributed by atoms with Gasteiger partial charge in [0.05, 0.1) is 24.5 Å². The number of carbonyl (C=O) groups is 10. The first-order valence-electron chi connectivity index (χ1n) is 20.9. The molecule has 0 aromatic heterocycles. The van der Waals surface area contributed by atoms with Crippen LogP contribution in [-0.2, 0) is 71.4 Å². The number of hydrogen-bond acceptors (Lipinski definition) is 15. The van der Waals surface area contributed by atoms with E-state index in [1.807, 2.05) is 26.8 Å². The van der Waals surface area contributed by atoms with Gasteiger partial charge in [0.2, 0.25) is 27.1 Å². The summed E-state index contributed by atoms with van der Waals surface area (Å²) < 4.78 is 22.5. The smallest absolute Gasteiger partial charge is 0.316 e. The first-order chi connectivity index (χ1) is 30.7. The maximum atomic E-state index is 11.5. The summed E-state index contributed by atoms with van der Waals surface area (Å²) in [5.41, 5.74) is 0. The van der Waals surface area contributed by atoms with Crippen molar-refractivity contribution < 1.29 is 81.7 Å². The summed E-state index contributed by atoms with van der Waals surface area (Å²) in [5, 5.41) is 32.9. The second-order valence-electron chi connectivity index (χ2n) is 15.3. The van der Waals surface area contributed by atoms with Crippen LogP contribution >= 0.6 is 21.4 Å². The molecule has 1 fully saturated rings. The highest BCUT2D eigenvalue weighted by Crippen LogP contribution is 2.14. The number of esters is 5. The van der Waals surface area contributed by atoms with Gasteiger partial charge in [0.25, 0.3) is 0 Å². The van der Waals surface area contributed by atoms with Crippen molar-refractivity contribution in [3.63, 3.8) is 0 Å². The van der Waals surface area contributed by atoms with Crippen molar-refractivity contribution in [2.75, 3.05) is 34.8 Å². The lowest BCUT2D eigenvalue weighted by Crippen LogP contribution is -2.28. The van der Waals surface area contributed by atoms with Crippen molar-refractivity contribution in [1.82, 2.24) is 9.80 Å². The van der Waals surface area contributed by atoms with Crippen LogP contribution in [-0.4, -0.2) is 130 Å². The molecule has 1 aliphatic heterocycles. The molecule has 0 radical (unpaired) electrons. The zero-order chi connectivity index (χ0) is 54.0. The maximum Gasteiger partial charge on any atom is 0.316 e. The SMILES string of the molecule is CC(=O)OC(C)=O.CC(CCC(=O)O)C(=O)N(C)C.CC(CCC(=O)O)C(=O)O.CC1CCC(=O)OC1=O.CCC(C)COC(=O)CCC(C)C(=O)N(C)C.O=S(Cl)Cl.[C-]#[N+]C(C)CCC#N. The van der Waals surface area contributed by atoms with Crippen molar-refractivity contribution in [3.8, 4) is 6.07 Å². The fourth-order valence-corrected chi connectivity index (χ4v) is 3.95. The molecule has 6 atom stereocenters. The Kier molecular flexibility index (Phi) is 50.3. The van der Waals surface area contributed by atoms with E-state index in [4.69, 9.17) is 36.1 Å². The first-order valence-corrected chi connectivity index (χ1v) is 23.7. The third-order valence-electron chi connectivity index (χ3n) is 8.32. The van der Waals surface area contributed by atoms with Crippen LogP contribution in [0.1, 0.15) is 133 Å². The Balaban J connectivity index is -0.000000168. The molecule has 386 valence electrons. The highest BCUT2D eigenvalue weighted by molar-refractivity contribution is 8.26. The summed E-state index contributed by atoms with van der Waals surface area (Å²) in [4.78, 5) is 111. The van der Waals surface area contributed by atoms with Crippen LogP contribution in [0.4, 0.5) is 0 Å². The number of aliphatic carboxylic acids is 3. The zero-order valence-electron chi connectivity index (χ0n) is 41.0. The first kappa shape index (κ1) is 73.4. The predicted octanol–water partition coefficient (Wildman–Crippen LogP) is 6.45. The summed E-state index contributed by atoms with van der Waals surface area (Å²) in [5.74, 6) is -5.39. The van der Waals surface area contributed by atoms with Crippen LogP contribution in [0.15, 0.2) is 0 Å². The molecule has 1 aliphatic rings. The number of halogens is 2. The highest BCUT2D eigenvalue weighted by atomic mass is 36.0. The number of cyclic esters (lactones) is 2. The molecule has 3 N–H and O–H groups in total. The number of rotatable bonds is 17. The Hall–Kier alpha value is -5.19. The van der Waals surface area contributed by atoms with E-state index >= 15 is 0 Å². The van der Waals surface area contributed by atoms with Crippen LogP contribution in [0.5, 0.6) is 0 Å². The normalized spacial score (nSPS) is 14.0. The lowest BCUT2D eigenvalue weighted by Gasteiger charge is -2.16. The Morgan fingerprint density at radius 3 is 1.51 bits per heavy atom. The van der Waals surface area contributed by atoms with Gasteiger partial charge in [-0.2, -0.15) is 5.26 Å². The van der Waals surface area contributed by atoms with E-state index in [2.05, 4.69) is 42.6 Å². The molecule has 1 saturated heterocycles. The van der Waals surface area contributed by atoms with Crippen LogP contribution in [0, 0.1) is 47.5 Å². The van der Waals surface area contributed by atoms with E-state index in [9.17, 15) is 47.9 Å². The summed E-state index contributed by atoms with van der Waals surface area (Å²) in [7, 11) is 14.1. The fourth-order valence-electron chi connectivity index (χ4n) is 3.95. The molecule has 67 heavy (non-hydrogen) atoms. The van der Waals surface area contributed by atoms with E-state index in [1.54, 1.807) is 46.9 Å². The number of hydrogen-bond donors (Lipinski definition) is 3. The molecule has 0 saturated carbocycles. The van der Waals surface area contributed by atoms with Crippen LogP contribution in [0.25, 0.3) is 4.85 Å². The van der Waals surface area contributed by atoms with E-state index in [1.165, 1.54) is 25.7 Å². The van der Waals surface area contributed by atoms with Gasteiger partial charge in [0.1, 0.15) is 0 Å². The van der Waals surface area contributed by atoms with Crippen molar-refractivity contribution in [3.05, 3.63) is 11.4 Å². The molecule has 0 bridgehead atoms. The van der Waals surface area contributed by atoms with Gasteiger partial charge in [0, 0.05) is 121 Å². The lowest BCUT2D eigenvalue weighted by molar-refractivity contribution is -0.167. The molecule has 1 rings (SSSR count). The van der Waals surface area contributed by atoms with Crippen molar-refractivity contribution >= 4 is 90.2 Å². The molecule has 0 spiro atoms. The largest absolute Gasteiger partial charge is 0.481 e. The quantitative estimate of drug-likeness (QED) is 0.0463. The molecule has 2 amide bonds. The molecule has 0 aromatic rings. The number of nitriles is 1. The van der Waals surface area contributed by atoms with E-state index in [0.717, 1.165) is 6.42 Å². The van der Waals surface area contributed by atoms with Crippen LogP contribution < -0.4 is 0 Å². The molecular weight excluding hydrogens is 947 g/mol. The van der Waals surface area contributed by atoms with Gasteiger partial charge in [-0.3, -0.25) is 47.9 Å². The van der Waals surface area contributed by atoms with E-state index in [0.29, 0.717) is 57.5 Å². The predicted molar refractivity (Wildman–Crippen MR) is 249 cm³/mol. The van der Waals surface area contributed by atoms with Crippen molar-refractivity contribution in [2.45, 2.75) is 139 Å². The molecule has 21 nitrogen and oxygen atoms in total. The summed E-state index contributed by atoms with van der Waals surface area (Å²) in [6.45, 7) is 22.1. The second-order valence-corrected chi connectivity index (χ2v) is 17.8. The standard InChI is InChI=1S/C13H25NO3.C8H15NO3.C6H8N2.C6H10O4.C6H8O3.C4H6O3.Cl2OS/c1-6-10(2)9-17-12(15)8-7-11(3)13(16)14(4)5;1-6(4-5-7(10)11)8(12)9(2)3;1-6(8-2)4-3-5-7;1-4(6(9)10)2-3-5(7)8;1-4-2-3-5(7)9-6(4)8;1-3(5)7-4(2)6;1-4(2)3/h10-11H,6-9H2,1-5H3;6H,4-5H2,1-3H3,(H,10,11);6H,3-4H2,1H3;4H,2-3H2,1H3,(H,7,8)(H,9,10);4H,2-3H2,1H3;1-2H3;. The fraction of sp³-hybridized carbons (Fsp3) is 0.721. The highest BCUT2D eigenvalue weighted by Gasteiger charge is 2.24. The number of carboxylic acids is 3. The Morgan fingerprint density at radius 1 is 0.821 bits per heavy atom. The van der Waals surface area contributed by atoms with Gasteiger partial charge in [-0.25, -0.2) is 10.8 Å². The number of carboxylic acid groups (broad SMARTS) is 3. The Bertz CT molecular complexity index is 1620. The number of nitrogens with zero attached hydrogens (tertiary/aromatic N) is 4. The monoisotopic (exact) mass is 1020 g/mol. The number of amides is 2. The average molecular weight is 1020 g/mol. The van der Waals surface area contributed by atoms with Crippen LogP contribution in [0.2, 0.25) is 0 Å². The third kappa shape index (κ3) is 58.8. The maximum absolute atomic E-state index is 11.5. The van der Waals surface area contributed by atoms with Gasteiger partial charge in [-0.1, -0.05) is 48.0 Å². The number of ether oxygens (including phenoxy) is 3. The second kappa shape index (κ2) is 45.9. The average Bonchev–Trinajstić information content (AvgIpc) is 3.22. The molecule has 6 unspecified atom stereocenters. The van der Waals surface area contributed by atoms with Gasteiger partial charge in [-0.05, 0) is 31.6 Å². The summed E-state index contributed by atoms with van der Waals surface area (Å²) in [6, 6.07) is 2.01. The molecule has 0 aromatic carbocycles. The number of carbonyl (C=O) groups excluding carboxylic acids is 7. The minimum Gasteiger partial charge on any atom is -0.481 e. The van der Waals surface area contributed by atoms with Gasteiger partial charge >= 0.3 is 47.8 Å². The van der Waals surface area contributed by atoms with Crippen molar-refractivity contribution in [2.24, 2.45) is 29.6 Å². The minimum atomic E-state index is -1.67. The van der Waals surface area contributed by atoms with Gasteiger partial charge in [0.15, 0.2) is 0 Å². The topological polar surface area (TPSA) is 311 Å². The van der Waals surface area contributed by atoms with E-state index in [-0.39, 0.29) is 66.8 Å². The molecular formula is C43H72Cl2N4O17S. The van der Waals surface area contributed by atoms with E-state index < -0.39 is 51.0 Å². The third-order valence-corrected chi connectivity index (χ3v) is 8.32. The molecule has 24 heteroatoms. The Labute approximate surface area is 406 Å². The molecule has 0 aliphatic carbocycles. The van der Waals surface area contributed by atoms with Gasteiger partial charge in [-0.15, -0.1) is 0 Å². The Morgan fingerprint density at radius 2 is 1.22 bits per heavy atom. The molecule has 1 heterocycles. The lowest BCUT2D eigenvalue weighted by atomic mass is 10.0. The van der Waals surface area contributed by atoms with Gasteiger partial charge < -0.3 is 44.2 Å². The zero-order valence-corrected chi connectivity index (χ0v) is 43.3. The minimum absolute atomic E-state index is 0.0174.